The Morgan fingerprint density at radius 3 is 2.28 bits per heavy atom. The Morgan fingerprint density at radius 1 is 1.10 bits per heavy atom. The average molecular weight is 419 g/mol. The maximum Gasteiger partial charge on any atom is 0.239 e. The molecule has 0 radical (unpaired) electrons. The fourth-order valence-corrected chi connectivity index (χ4v) is 3.48. The normalized spacial score (nSPS) is 15.9. The molecule has 1 fully saturated rings. The van der Waals surface area contributed by atoms with Gasteiger partial charge in [-0.25, -0.2) is 0 Å². The molecule has 0 bridgehead atoms. The SMILES string of the molecule is COc1cc(CNC(=O)[C@@H]2CCN(c3ccc(Cl)cc3)C2=O)cc(OC)c1OC. The minimum absolute atomic E-state index is 0.213. The van der Waals surface area contributed by atoms with Crippen molar-refractivity contribution >= 4 is 29.1 Å². The number of carbonyl (C=O) groups is 2. The van der Waals surface area contributed by atoms with Crippen molar-refractivity contribution in [3.05, 3.63) is 47.0 Å². The van der Waals surface area contributed by atoms with E-state index in [1.165, 1.54) is 21.3 Å². The molecule has 3 rings (SSSR count). The molecule has 1 N–H and O–H groups in total. The number of hydrogen-bond donors (Lipinski definition) is 1. The highest BCUT2D eigenvalue weighted by atomic mass is 35.5. The summed E-state index contributed by atoms with van der Waals surface area (Å²) in [7, 11) is 4.59. The van der Waals surface area contributed by atoms with E-state index in [1.54, 1.807) is 41.3 Å². The molecule has 1 heterocycles. The number of benzene rings is 2. The number of nitrogens with one attached hydrogen (secondary N) is 1. The van der Waals surface area contributed by atoms with Crippen LogP contribution in [0.25, 0.3) is 0 Å². The summed E-state index contributed by atoms with van der Waals surface area (Å²) in [5, 5.41) is 3.43. The van der Waals surface area contributed by atoms with E-state index < -0.39 is 5.92 Å². The third kappa shape index (κ3) is 4.40. The van der Waals surface area contributed by atoms with Gasteiger partial charge in [-0.2, -0.15) is 0 Å². The molecular weight excluding hydrogens is 396 g/mol. The molecule has 8 heteroatoms. The van der Waals surface area contributed by atoms with E-state index in [4.69, 9.17) is 25.8 Å². The maximum atomic E-state index is 12.7. The largest absolute Gasteiger partial charge is 0.493 e. The summed E-state index contributed by atoms with van der Waals surface area (Å²) in [5.74, 6) is 0.251. The van der Waals surface area contributed by atoms with Crippen LogP contribution < -0.4 is 24.4 Å². The molecule has 1 aliphatic heterocycles. The van der Waals surface area contributed by atoms with Gasteiger partial charge in [-0.15, -0.1) is 0 Å². The Labute approximate surface area is 174 Å². The van der Waals surface area contributed by atoms with Crippen molar-refractivity contribution < 1.29 is 23.8 Å². The molecule has 7 nitrogen and oxygen atoms in total. The van der Waals surface area contributed by atoms with E-state index in [0.717, 1.165) is 11.3 Å². The van der Waals surface area contributed by atoms with Gasteiger partial charge < -0.3 is 24.4 Å². The van der Waals surface area contributed by atoms with Crippen LogP contribution >= 0.6 is 11.6 Å². The molecular formula is C21H23ClN2O5. The Bertz CT molecular complexity index is 875. The first-order chi connectivity index (χ1) is 14.0. The summed E-state index contributed by atoms with van der Waals surface area (Å²) < 4.78 is 16.0. The fourth-order valence-electron chi connectivity index (χ4n) is 3.35. The maximum absolute atomic E-state index is 12.7. The Kier molecular flexibility index (Phi) is 6.49. The smallest absolute Gasteiger partial charge is 0.239 e. The fraction of sp³-hybridized carbons (Fsp3) is 0.333. The highest BCUT2D eigenvalue weighted by molar-refractivity contribution is 6.30. The van der Waals surface area contributed by atoms with Crippen LogP contribution in [0.2, 0.25) is 5.02 Å². The zero-order chi connectivity index (χ0) is 21.0. The summed E-state index contributed by atoms with van der Waals surface area (Å²) in [6.45, 7) is 0.725. The van der Waals surface area contributed by atoms with Gasteiger partial charge in [0.05, 0.1) is 21.3 Å². The number of anilines is 1. The first kappa shape index (κ1) is 20.8. The number of methoxy groups -OCH3 is 3. The Hall–Kier alpha value is -2.93. The van der Waals surface area contributed by atoms with Gasteiger partial charge in [0.25, 0.3) is 0 Å². The van der Waals surface area contributed by atoms with Crippen LogP contribution in [0.1, 0.15) is 12.0 Å². The summed E-state index contributed by atoms with van der Waals surface area (Å²) in [4.78, 5) is 26.9. The van der Waals surface area contributed by atoms with Gasteiger partial charge in [-0.1, -0.05) is 11.6 Å². The number of hydrogen-bond acceptors (Lipinski definition) is 5. The van der Waals surface area contributed by atoms with Crippen molar-refractivity contribution in [2.45, 2.75) is 13.0 Å². The van der Waals surface area contributed by atoms with E-state index in [0.29, 0.717) is 35.2 Å². The van der Waals surface area contributed by atoms with Gasteiger partial charge in [-0.3, -0.25) is 9.59 Å². The number of halogens is 1. The lowest BCUT2D eigenvalue weighted by Crippen LogP contribution is -2.36. The molecule has 0 spiro atoms. The molecule has 154 valence electrons. The van der Waals surface area contributed by atoms with Gasteiger partial charge in [0, 0.05) is 23.8 Å². The van der Waals surface area contributed by atoms with Crippen LogP contribution in [-0.2, 0) is 16.1 Å². The van der Waals surface area contributed by atoms with Crippen molar-refractivity contribution in [1.29, 1.82) is 0 Å². The standard InChI is InChI=1S/C21H23ClN2O5/c1-27-17-10-13(11-18(28-2)19(17)29-3)12-23-20(25)16-8-9-24(21(16)26)15-6-4-14(22)5-7-15/h4-7,10-11,16H,8-9,12H2,1-3H3,(H,23,25)/t16-/m0/s1. The molecule has 0 saturated carbocycles. The second-order valence-electron chi connectivity index (χ2n) is 6.56. The lowest BCUT2D eigenvalue weighted by atomic mass is 10.1. The van der Waals surface area contributed by atoms with Gasteiger partial charge in [-0.05, 0) is 48.4 Å². The van der Waals surface area contributed by atoms with E-state index in [-0.39, 0.29) is 18.4 Å². The number of amides is 2. The number of ether oxygens (including phenoxy) is 3. The molecule has 29 heavy (non-hydrogen) atoms. The molecule has 1 saturated heterocycles. The monoisotopic (exact) mass is 418 g/mol. The minimum atomic E-state index is -0.715. The van der Waals surface area contributed by atoms with E-state index in [9.17, 15) is 9.59 Å². The van der Waals surface area contributed by atoms with Crippen LogP contribution in [0, 0.1) is 5.92 Å². The second kappa shape index (κ2) is 9.05. The Balaban J connectivity index is 1.67. The third-order valence-corrected chi connectivity index (χ3v) is 5.10. The van der Waals surface area contributed by atoms with E-state index in [1.807, 2.05) is 0 Å². The molecule has 2 aromatic carbocycles. The lowest BCUT2D eigenvalue weighted by Gasteiger charge is -2.17. The molecule has 0 aromatic heterocycles. The second-order valence-corrected chi connectivity index (χ2v) is 7.00. The zero-order valence-corrected chi connectivity index (χ0v) is 17.3. The van der Waals surface area contributed by atoms with Gasteiger partial charge >= 0.3 is 0 Å². The van der Waals surface area contributed by atoms with Crippen molar-refractivity contribution in [3.8, 4) is 17.2 Å². The van der Waals surface area contributed by atoms with Crippen LogP contribution in [0.3, 0.4) is 0 Å². The predicted molar refractivity (Wildman–Crippen MR) is 110 cm³/mol. The molecule has 2 aromatic rings. The predicted octanol–water partition coefficient (Wildman–Crippen LogP) is 3.04. The molecule has 0 aliphatic carbocycles. The van der Waals surface area contributed by atoms with E-state index in [2.05, 4.69) is 5.32 Å². The average Bonchev–Trinajstić information content (AvgIpc) is 3.13. The van der Waals surface area contributed by atoms with Crippen LogP contribution in [0.5, 0.6) is 17.2 Å². The number of carbonyl (C=O) groups excluding carboxylic acids is 2. The third-order valence-electron chi connectivity index (χ3n) is 4.85. The quantitative estimate of drug-likeness (QED) is 0.699. The zero-order valence-electron chi connectivity index (χ0n) is 16.5. The topological polar surface area (TPSA) is 77.1 Å². The van der Waals surface area contributed by atoms with Gasteiger partial charge in [0.15, 0.2) is 11.5 Å². The van der Waals surface area contributed by atoms with Crippen LogP contribution in [0.4, 0.5) is 5.69 Å². The summed E-state index contributed by atoms with van der Waals surface area (Å²) in [6, 6.07) is 10.5. The van der Waals surface area contributed by atoms with Crippen molar-refractivity contribution in [2.24, 2.45) is 5.92 Å². The van der Waals surface area contributed by atoms with Crippen molar-refractivity contribution in [3.63, 3.8) is 0 Å². The first-order valence-corrected chi connectivity index (χ1v) is 9.49. The minimum Gasteiger partial charge on any atom is -0.493 e. The Morgan fingerprint density at radius 2 is 1.72 bits per heavy atom. The van der Waals surface area contributed by atoms with Gasteiger partial charge in [0.1, 0.15) is 5.92 Å². The molecule has 1 aliphatic rings. The summed E-state index contributed by atoms with van der Waals surface area (Å²) in [6.07, 6.45) is 0.461. The highest BCUT2D eigenvalue weighted by Crippen LogP contribution is 2.38. The van der Waals surface area contributed by atoms with Crippen LogP contribution in [0.15, 0.2) is 36.4 Å². The van der Waals surface area contributed by atoms with E-state index >= 15 is 0 Å². The number of rotatable bonds is 7. The highest BCUT2D eigenvalue weighted by Gasteiger charge is 2.37. The molecule has 2 amide bonds. The molecule has 0 unspecified atom stereocenters. The first-order valence-electron chi connectivity index (χ1n) is 9.12. The van der Waals surface area contributed by atoms with Gasteiger partial charge in [0.2, 0.25) is 17.6 Å². The number of nitrogens with zero attached hydrogens (tertiary/aromatic N) is 1. The van der Waals surface area contributed by atoms with Crippen LogP contribution in [-0.4, -0.2) is 39.7 Å². The van der Waals surface area contributed by atoms with Crippen molar-refractivity contribution in [2.75, 3.05) is 32.8 Å². The van der Waals surface area contributed by atoms with Crippen molar-refractivity contribution in [1.82, 2.24) is 5.32 Å². The summed E-state index contributed by atoms with van der Waals surface area (Å²) >= 11 is 5.90. The lowest BCUT2D eigenvalue weighted by molar-refractivity contribution is -0.132. The summed E-state index contributed by atoms with van der Waals surface area (Å²) in [5.41, 5.74) is 1.51. The molecule has 1 atom stereocenters.